The van der Waals surface area contributed by atoms with Crippen LogP contribution in [0.25, 0.3) is 0 Å². The van der Waals surface area contributed by atoms with Crippen molar-refractivity contribution in [1.29, 1.82) is 0 Å². The summed E-state index contributed by atoms with van der Waals surface area (Å²) in [6.07, 6.45) is 0.719. The zero-order chi connectivity index (χ0) is 19.7. The summed E-state index contributed by atoms with van der Waals surface area (Å²) in [5, 5.41) is 9.00. The molecule has 144 valence electrons. The standard InChI is InChI=1S/C17H25N3O5S/c1-5-11(4)18-17(24)19-13(21)9-25-16(23)14(10(2)3)20-15(22)12-7-6-8-26-12/h6-8,10-11,14H,5,9H2,1-4H3,(H,20,22)(H2,18,19,21,24)/t11-,14-/m1/s1. The van der Waals surface area contributed by atoms with E-state index < -0.39 is 30.6 Å². The van der Waals surface area contributed by atoms with E-state index in [0.717, 1.165) is 6.42 Å². The number of amides is 4. The van der Waals surface area contributed by atoms with E-state index in [1.54, 1.807) is 38.3 Å². The van der Waals surface area contributed by atoms with Crippen LogP contribution in [0.1, 0.15) is 43.8 Å². The minimum absolute atomic E-state index is 0.0804. The van der Waals surface area contributed by atoms with Gasteiger partial charge in [-0.05, 0) is 30.7 Å². The number of ether oxygens (including phenoxy) is 1. The molecule has 0 aliphatic heterocycles. The van der Waals surface area contributed by atoms with Gasteiger partial charge in [0, 0.05) is 6.04 Å². The summed E-state index contributed by atoms with van der Waals surface area (Å²) >= 11 is 1.26. The highest BCUT2D eigenvalue weighted by molar-refractivity contribution is 7.12. The van der Waals surface area contributed by atoms with Crippen LogP contribution >= 0.6 is 11.3 Å². The highest BCUT2D eigenvalue weighted by atomic mass is 32.1. The minimum Gasteiger partial charge on any atom is -0.454 e. The topological polar surface area (TPSA) is 114 Å². The van der Waals surface area contributed by atoms with Crippen molar-refractivity contribution in [1.82, 2.24) is 16.0 Å². The normalized spacial score (nSPS) is 12.8. The van der Waals surface area contributed by atoms with Gasteiger partial charge >= 0.3 is 12.0 Å². The zero-order valence-electron chi connectivity index (χ0n) is 15.3. The predicted molar refractivity (Wildman–Crippen MR) is 97.8 cm³/mol. The summed E-state index contributed by atoms with van der Waals surface area (Å²) in [5.74, 6) is -2.09. The summed E-state index contributed by atoms with van der Waals surface area (Å²) in [7, 11) is 0. The number of carbonyl (C=O) groups is 4. The van der Waals surface area contributed by atoms with Gasteiger partial charge in [-0.2, -0.15) is 0 Å². The molecule has 1 rings (SSSR count). The van der Waals surface area contributed by atoms with Crippen molar-refractivity contribution >= 4 is 35.2 Å². The highest BCUT2D eigenvalue weighted by Crippen LogP contribution is 2.11. The van der Waals surface area contributed by atoms with Crippen LogP contribution in [0.5, 0.6) is 0 Å². The highest BCUT2D eigenvalue weighted by Gasteiger charge is 2.27. The van der Waals surface area contributed by atoms with E-state index in [1.165, 1.54) is 11.3 Å². The molecule has 1 aromatic rings. The van der Waals surface area contributed by atoms with Crippen molar-refractivity contribution in [2.45, 2.75) is 46.2 Å². The molecule has 3 N–H and O–H groups in total. The smallest absolute Gasteiger partial charge is 0.329 e. The molecule has 9 heteroatoms. The fourth-order valence-corrected chi connectivity index (χ4v) is 2.50. The molecule has 1 heterocycles. The van der Waals surface area contributed by atoms with Crippen molar-refractivity contribution in [3.05, 3.63) is 22.4 Å². The lowest BCUT2D eigenvalue weighted by atomic mass is 10.0. The molecule has 0 aromatic carbocycles. The molecule has 1 aromatic heterocycles. The Labute approximate surface area is 156 Å². The van der Waals surface area contributed by atoms with Crippen molar-refractivity contribution in [3.8, 4) is 0 Å². The Morgan fingerprint density at radius 1 is 1.15 bits per heavy atom. The largest absolute Gasteiger partial charge is 0.454 e. The van der Waals surface area contributed by atoms with E-state index in [-0.39, 0.29) is 17.9 Å². The maximum atomic E-state index is 12.2. The Hall–Kier alpha value is -2.42. The van der Waals surface area contributed by atoms with Crippen LogP contribution in [0.2, 0.25) is 0 Å². The SMILES string of the molecule is CC[C@@H](C)NC(=O)NC(=O)COC(=O)[C@H](NC(=O)c1cccs1)C(C)C. The molecule has 8 nitrogen and oxygen atoms in total. The minimum atomic E-state index is -0.897. The maximum Gasteiger partial charge on any atom is 0.329 e. The Balaban J connectivity index is 2.50. The lowest BCUT2D eigenvalue weighted by Crippen LogP contribution is -2.47. The van der Waals surface area contributed by atoms with Crippen LogP contribution < -0.4 is 16.0 Å². The van der Waals surface area contributed by atoms with E-state index >= 15 is 0 Å². The number of urea groups is 1. The van der Waals surface area contributed by atoms with E-state index in [1.807, 2.05) is 6.92 Å². The molecule has 0 aliphatic carbocycles. The number of imide groups is 1. The van der Waals surface area contributed by atoms with Gasteiger partial charge in [0.2, 0.25) is 0 Å². The summed E-state index contributed by atoms with van der Waals surface area (Å²) in [5.41, 5.74) is 0. The van der Waals surface area contributed by atoms with Crippen LogP contribution in [0, 0.1) is 5.92 Å². The van der Waals surface area contributed by atoms with Gasteiger partial charge in [0.05, 0.1) is 4.88 Å². The van der Waals surface area contributed by atoms with Crippen LogP contribution in [0.4, 0.5) is 4.79 Å². The molecular formula is C17H25N3O5S. The monoisotopic (exact) mass is 383 g/mol. The number of esters is 1. The number of hydrogen-bond acceptors (Lipinski definition) is 6. The Bertz CT molecular complexity index is 630. The summed E-state index contributed by atoms with van der Waals surface area (Å²) in [6, 6.07) is 1.75. The van der Waals surface area contributed by atoms with E-state index in [0.29, 0.717) is 4.88 Å². The second kappa shape index (κ2) is 10.5. The molecule has 0 unspecified atom stereocenters. The molecular weight excluding hydrogens is 358 g/mol. The summed E-state index contributed by atoms with van der Waals surface area (Å²) in [4.78, 5) is 48.0. The van der Waals surface area contributed by atoms with Crippen molar-refractivity contribution in [2.24, 2.45) is 5.92 Å². The van der Waals surface area contributed by atoms with Gasteiger partial charge in [-0.25, -0.2) is 9.59 Å². The third-order valence-corrected chi connectivity index (χ3v) is 4.41. The predicted octanol–water partition coefficient (Wildman–Crippen LogP) is 1.67. The van der Waals surface area contributed by atoms with E-state index in [2.05, 4.69) is 16.0 Å². The van der Waals surface area contributed by atoms with Crippen LogP contribution in [-0.4, -0.2) is 42.5 Å². The number of thiophene rings is 1. The molecule has 4 amide bonds. The van der Waals surface area contributed by atoms with E-state index in [4.69, 9.17) is 4.74 Å². The average molecular weight is 383 g/mol. The summed E-state index contributed by atoms with van der Waals surface area (Å²) in [6.45, 7) is 6.59. The van der Waals surface area contributed by atoms with Gasteiger partial charge in [0.15, 0.2) is 6.61 Å². The van der Waals surface area contributed by atoms with Gasteiger partial charge in [0.1, 0.15) is 6.04 Å². The lowest BCUT2D eigenvalue weighted by Gasteiger charge is -2.20. The van der Waals surface area contributed by atoms with Gasteiger partial charge in [-0.15, -0.1) is 11.3 Å². The number of nitrogens with one attached hydrogen (secondary N) is 3. The zero-order valence-corrected chi connectivity index (χ0v) is 16.1. The second-order valence-electron chi connectivity index (χ2n) is 6.11. The van der Waals surface area contributed by atoms with Gasteiger partial charge in [-0.3, -0.25) is 14.9 Å². The number of rotatable bonds is 8. The van der Waals surface area contributed by atoms with Crippen LogP contribution in [0.3, 0.4) is 0 Å². The Kier molecular flexibility index (Phi) is 8.77. The fourth-order valence-electron chi connectivity index (χ4n) is 1.87. The summed E-state index contributed by atoms with van der Waals surface area (Å²) < 4.78 is 4.94. The lowest BCUT2D eigenvalue weighted by molar-refractivity contribution is -0.151. The molecule has 0 saturated heterocycles. The first-order valence-electron chi connectivity index (χ1n) is 8.35. The average Bonchev–Trinajstić information content (AvgIpc) is 3.11. The first-order valence-corrected chi connectivity index (χ1v) is 9.23. The maximum absolute atomic E-state index is 12.2. The van der Waals surface area contributed by atoms with Gasteiger partial charge < -0.3 is 15.4 Å². The fraction of sp³-hybridized carbons (Fsp3) is 0.529. The van der Waals surface area contributed by atoms with Crippen molar-refractivity contribution < 1.29 is 23.9 Å². The first kappa shape index (κ1) is 21.6. The van der Waals surface area contributed by atoms with Crippen LogP contribution in [0.15, 0.2) is 17.5 Å². The first-order chi connectivity index (χ1) is 12.2. The number of hydrogen-bond donors (Lipinski definition) is 3. The molecule has 0 fully saturated rings. The molecule has 0 saturated carbocycles. The molecule has 2 atom stereocenters. The molecule has 26 heavy (non-hydrogen) atoms. The van der Waals surface area contributed by atoms with Crippen molar-refractivity contribution in [3.63, 3.8) is 0 Å². The third-order valence-electron chi connectivity index (χ3n) is 3.54. The molecule has 0 spiro atoms. The Morgan fingerprint density at radius 2 is 1.85 bits per heavy atom. The van der Waals surface area contributed by atoms with Gasteiger partial charge in [-0.1, -0.05) is 26.8 Å². The van der Waals surface area contributed by atoms with Gasteiger partial charge in [0.25, 0.3) is 11.8 Å². The Morgan fingerprint density at radius 3 is 2.38 bits per heavy atom. The van der Waals surface area contributed by atoms with Crippen molar-refractivity contribution in [2.75, 3.05) is 6.61 Å². The molecule has 0 bridgehead atoms. The molecule has 0 aliphatic rings. The van der Waals surface area contributed by atoms with E-state index in [9.17, 15) is 19.2 Å². The molecule has 0 radical (unpaired) electrons. The third kappa shape index (κ3) is 7.22. The second-order valence-corrected chi connectivity index (χ2v) is 7.06. The number of carbonyl (C=O) groups excluding carboxylic acids is 4. The quantitative estimate of drug-likeness (QED) is 0.591. The van der Waals surface area contributed by atoms with Crippen LogP contribution in [-0.2, 0) is 14.3 Å².